The lowest BCUT2D eigenvalue weighted by Gasteiger charge is -2.40. The number of hydrogen-bond acceptors (Lipinski definition) is 10. The lowest BCUT2D eigenvalue weighted by atomic mass is 9.95. The van der Waals surface area contributed by atoms with Crippen LogP contribution < -0.4 is 19.7 Å². The molecule has 2 aliphatic rings. The van der Waals surface area contributed by atoms with Crippen LogP contribution in [0.25, 0.3) is 5.57 Å². The van der Waals surface area contributed by atoms with E-state index in [9.17, 15) is 9.59 Å². The first-order valence-corrected chi connectivity index (χ1v) is 19.7. The van der Waals surface area contributed by atoms with Crippen molar-refractivity contribution in [2.24, 2.45) is 0 Å². The molecule has 0 saturated carbocycles. The number of carbonyl (C=O) groups is 2. The second-order valence-electron chi connectivity index (χ2n) is 16.3. The average molecular weight is 698 g/mol. The fourth-order valence-corrected chi connectivity index (χ4v) is 6.61. The van der Waals surface area contributed by atoms with Gasteiger partial charge < -0.3 is 33.6 Å². The van der Waals surface area contributed by atoms with Crippen molar-refractivity contribution in [3.05, 3.63) is 35.0 Å². The van der Waals surface area contributed by atoms with E-state index in [-0.39, 0.29) is 24.0 Å². The molecule has 2 aliphatic heterocycles. The highest BCUT2D eigenvalue weighted by molar-refractivity contribution is 6.74. The third-order valence-electron chi connectivity index (χ3n) is 8.67. The van der Waals surface area contributed by atoms with Crippen LogP contribution in [-0.4, -0.2) is 79.6 Å². The monoisotopic (exact) mass is 697 g/mol. The molecule has 1 N–H and O–H groups in total. The fraction of sp³-hybridized carbons (Fsp3) is 0.611. The summed E-state index contributed by atoms with van der Waals surface area (Å²) < 4.78 is 30.2. The molecule has 0 aromatic carbocycles. The van der Waals surface area contributed by atoms with E-state index in [2.05, 4.69) is 44.2 Å². The highest BCUT2D eigenvalue weighted by atomic mass is 28.4. The summed E-state index contributed by atoms with van der Waals surface area (Å²) >= 11 is 0. The first-order chi connectivity index (χ1) is 22.4. The van der Waals surface area contributed by atoms with Gasteiger partial charge in [0.15, 0.2) is 14.1 Å². The molecule has 13 heteroatoms. The fourth-order valence-electron chi connectivity index (χ4n) is 5.27. The molecular weight excluding hydrogens is 643 g/mol. The summed E-state index contributed by atoms with van der Waals surface area (Å²) in [4.78, 5) is 38.8. The van der Waals surface area contributed by atoms with E-state index in [4.69, 9.17) is 28.4 Å². The molecule has 0 fully saturated rings. The SMILES string of the molecule is Cc1cc(N(C)C(=O)OC(C)(C)C)cc(Nc2nc3c(c(C4=CCN(C(=O)OC(C)(C)C)C[C@@H](O[Si](C)(C)C(C)(C)C)C4)c2C)OCO3)n1. The Kier molecular flexibility index (Phi) is 10.7. The molecular formula is C36H55N5O7Si. The minimum Gasteiger partial charge on any atom is -0.451 e. The number of nitrogens with zero attached hydrogens (tertiary/aromatic N) is 4. The van der Waals surface area contributed by atoms with Gasteiger partial charge in [-0.3, -0.25) is 4.90 Å². The highest BCUT2D eigenvalue weighted by Gasteiger charge is 2.41. The molecule has 1 atom stereocenters. The predicted molar refractivity (Wildman–Crippen MR) is 194 cm³/mol. The number of ether oxygens (including phenoxy) is 4. The molecule has 0 radical (unpaired) electrons. The van der Waals surface area contributed by atoms with E-state index < -0.39 is 25.6 Å². The summed E-state index contributed by atoms with van der Waals surface area (Å²) in [6, 6.07) is 3.59. The van der Waals surface area contributed by atoms with Crippen LogP contribution in [0.1, 0.15) is 85.6 Å². The number of amides is 2. The topological polar surface area (TPSA) is 125 Å². The van der Waals surface area contributed by atoms with E-state index in [0.29, 0.717) is 54.2 Å². The zero-order chi connectivity index (χ0) is 36.7. The Labute approximate surface area is 292 Å². The molecule has 0 spiro atoms. The van der Waals surface area contributed by atoms with Crippen molar-refractivity contribution >= 4 is 43.4 Å². The van der Waals surface area contributed by atoms with E-state index in [1.807, 2.05) is 67.5 Å². The number of carbonyl (C=O) groups excluding carboxylic acids is 2. The van der Waals surface area contributed by atoms with E-state index in [0.717, 1.165) is 16.7 Å². The molecule has 4 heterocycles. The van der Waals surface area contributed by atoms with Gasteiger partial charge in [-0.05, 0) is 91.6 Å². The first-order valence-electron chi connectivity index (χ1n) is 16.8. The zero-order valence-corrected chi connectivity index (χ0v) is 32.8. The summed E-state index contributed by atoms with van der Waals surface area (Å²) in [5.74, 6) is 1.93. The maximum absolute atomic E-state index is 13.4. The number of hydrogen-bond donors (Lipinski definition) is 1. The van der Waals surface area contributed by atoms with Crippen LogP contribution in [0.2, 0.25) is 18.1 Å². The number of nitrogens with one attached hydrogen (secondary N) is 1. The van der Waals surface area contributed by atoms with E-state index in [1.165, 1.54) is 4.90 Å². The van der Waals surface area contributed by atoms with Crippen LogP contribution in [0.4, 0.5) is 26.9 Å². The maximum Gasteiger partial charge on any atom is 0.414 e. The van der Waals surface area contributed by atoms with E-state index >= 15 is 0 Å². The number of aryl methyl sites for hydroxylation is 1. The van der Waals surface area contributed by atoms with Crippen molar-refractivity contribution in [1.29, 1.82) is 0 Å². The predicted octanol–water partition coefficient (Wildman–Crippen LogP) is 8.35. The summed E-state index contributed by atoms with van der Waals surface area (Å²) in [5.41, 5.74) is 2.66. The minimum atomic E-state index is -2.23. The largest absolute Gasteiger partial charge is 0.451 e. The molecule has 0 bridgehead atoms. The average Bonchev–Trinajstić information content (AvgIpc) is 3.29. The number of fused-ring (bicyclic) bond motifs is 1. The summed E-state index contributed by atoms with van der Waals surface area (Å²) in [6.45, 7) is 26.7. The molecule has 4 rings (SSSR count). The molecule has 0 unspecified atom stereocenters. The smallest absolute Gasteiger partial charge is 0.414 e. The van der Waals surface area contributed by atoms with Crippen LogP contribution in [0.3, 0.4) is 0 Å². The number of rotatable bonds is 6. The van der Waals surface area contributed by atoms with Gasteiger partial charge in [0.25, 0.3) is 5.88 Å². The Hall–Kier alpha value is -3.84. The third-order valence-corrected chi connectivity index (χ3v) is 13.2. The van der Waals surface area contributed by atoms with Gasteiger partial charge in [0.2, 0.25) is 6.79 Å². The van der Waals surface area contributed by atoms with Crippen LogP contribution in [0, 0.1) is 13.8 Å². The Morgan fingerprint density at radius 1 is 0.980 bits per heavy atom. The first kappa shape index (κ1) is 38.0. The number of pyridine rings is 2. The third kappa shape index (κ3) is 9.44. The van der Waals surface area contributed by atoms with Crippen molar-refractivity contribution < 1.29 is 33.0 Å². The molecule has 2 aromatic heterocycles. The second kappa shape index (κ2) is 13.8. The Morgan fingerprint density at radius 3 is 2.24 bits per heavy atom. The van der Waals surface area contributed by atoms with Crippen LogP contribution in [0.5, 0.6) is 11.6 Å². The van der Waals surface area contributed by atoms with Gasteiger partial charge in [-0.1, -0.05) is 26.8 Å². The molecule has 270 valence electrons. The lowest BCUT2D eigenvalue weighted by Crippen LogP contribution is -2.48. The quantitative estimate of drug-likeness (QED) is 0.295. The van der Waals surface area contributed by atoms with Gasteiger partial charge in [0.05, 0.1) is 11.8 Å². The van der Waals surface area contributed by atoms with Gasteiger partial charge in [-0.25, -0.2) is 14.6 Å². The molecule has 2 aromatic rings. The molecule has 12 nitrogen and oxygen atoms in total. The normalized spacial score (nSPS) is 16.9. The van der Waals surface area contributed by atoms with Crippen LogP contribution >= 0.6 is 0 Å². The maximum atomic E-state index is 13.4. The number of aromatic nitrogens is 2. The van der Waals surface area contributed by atoms with E-state index in [1.54, 1.807) is 18.0 Å². The van der Waals surface area contributed by atoms with Crippen molar-refractivity contribution in [3.8, 4) is 11.6 Å². The van der Waals surface area contributed by atoms with Gasteiger partial charge >= 0.3 is 12.2 Å². The number of anilines is 3. The van der Waals surface area contributed by atoms with Crippen molar-refractivity contribution in [3.63, 3.8) is 0 Å². The molecule has 2 amide bonds. The summed E-state index contributed by atoms with van der Waals surface area (Å²) in [7, 11) is -0.563. The van der Waals surface area contributed by atoms with Crippen molar-refractivity contribution in [1.82, 2.24) is 14.9 Å². The zero-order valence-electron chi connectivity index (χ0n) is 31.8. The molecule has 49 heavy (non-hydrogen) atoms. The van der Waals surface area contributed by atoms with Crippen LogP contribution in [-0.2, 0) is 13.9 Å². The summed E-state index contributed by atoms with van der Waals surface area (Å²) in [6.07, 6.45) is 1.45. The lowest BCUT2D eigenvalue weighted by molar-refractivity contribution is 0.0195. The van der Waals surface area contributed by atoms with Gasteiger partial charge in [0, 0.05) is 43.0 Å². The van der Waals surface area contributed by atoms with Crippen molar-refractivity contribution in [2.45, 2.75) is 118 Å². The van der Waals surface area contributed by atoms with Gasteiger partial charge in [-0.15, -0.1) is 0 Å². The Balaban J connectivity index is 1.74. The highest BCUT2D eigenvalue weighted by Crippen LogP contribution is 2.46. The Morgan fingerprint density at radius 2 is 1.63 bits per heavy atom. The van der Waals surface area contributed by atoms with Gasteiger partial charge in [-0.2, -0.15) is 4.98 Å². The minimum absolute atomic E-state index is 0.0287. The Bertz CT molecular complexity index is 1600. The summed E-state index contributed by atoms with van der Waals surface area (Å²) in [5, 5.41) is 3.34. The molecule has 0 saturated heterocycles. The second-order valence-corrected chi connectivity index (χ2v) is 21.1. The standard InChI is InChI=1S/C36H55N5O7Si/c1-22-17-25(40(12)32(42)46-34(3,4)5)19-27(37-22)38-30-23(2)28(29-31(39-30)45-21-44-29)24-15-16-41(33(43)47-35(6,7)8)20-26(18-24)48-49(13,14)36(9,10)11/h15,17,19,26H,16,18,20-21H2,1-14H3,(H,37,38,39)/t26-/m0/s1. The van der Waals surface area contributed by atoms with Crippen molar-refractivity contribution in [2.75, 3.05) is 37.1 Å². The molecule has 0 aliphatic carbocycles. The van der Waals surface area contributed by atoms with Crippen LogP contribution in [0.15, 0.2) is 18.2 Å². The van der Waals surface area contributed by atoms with Gasteiger partial charge in [0.1, 0.15) is 22.8 Å².